The number of fused-ring (bicyclic) bond motifs is 1. The van der Waals surface area contributed by atoms with Crippen molar-refractivity contribution in [3.63, 3.8) is 0 Å². The van der Waals surface area contributed by atoms with Gasteiger partial charge in [0.1, 0.15) is 0 Å². The van der Waals surface area contributed by atoms with Crippen LogP contribution in [-0.4, -0.2) is 17.4 Å². The summed E-state index contributed by atoms with van der Waals surface area (Å²) in [4.78, 5) is 1.46. The topological polar surface area (TPSA) is 17.0 Å². The van der Waals surface area contributed by atoms with E-state index in [9.17, 15) is 0 Å². The van der Waals surface area contributed by atoms with Gasteiger partial charge in [-0.25, -0.2) is 0 Å². The molecule has 1 aliphatic heterocycles. The van der Waals surface area contributed by atoms with E-state index in [1.54, 1.807) is 0 Å². The number of nitrogens with one attached hydrogen (secondary N) is 1. The summed E-state index contributed by atoms with van der Waals surface area (Å²) in [6.07, 6.45) is 4.47. The third kappa shape index (κ3) is 2.58. The Labute approximate surface area is 119 Å². The third-order valence-corrected chi connectivity index (χ3v) is 5.19. The quantitative estimate of drug-likeness (QED) is 0.915. The van der Waals surface area contributed by atoms with Crippen LogP contribution in [-0.2, 0) is 6.54 Å². The highest BCUT2D eigenvalue weighted by Crippen LogP contribution is 2.40. The molecule has 0 aliphatic carbocycles. The van der Waals surface area contributed by atoms with Crippen LogP contribution in [0.1, 0.15) is 30.0 Å². The molecular formula is C16H20N2S. The maximum atomic E-state index is 3.29. The molecule has 0 saturated carbocycles. The largest absolute Gasteiger partial charge is 0.353 e. The van der Waals surface area contributed by atoms with Crippen LogP contribution in [0, 0.1) is 0 Å². The highest BCUT2D eigenvalue weighted by Gasteiger charge is 2.22. The first-order valence-corrected chi connectivity index (χ1v) is 7.81. The highest BCUT2D eigenvalue weighted by molar-refractivity contribution is 7.99. The number of aromatic nitrogens is 1. The van der Waals surface area contributed by atoms with Gasteiger partial charge in [-0.05, 0) is 37.2 Å². The average Bonchev–Trinajstić information content (AvgIpc) is 3.06. The van der Waals surface area contributed by atoms with Crippen molar-refractivity contribution < 1.29 is 0 Å². The molecule has 2 aromatic rings. The zero-order chi connectivity index (χ0) is 13.2. The molecule has 0 fully saturated rings. The molecule has 19 heavy (non-hydrogen) atoms. The van der Waals surface area contributed by atoms with E-state index in [0.29, 0.717) is 12.0 Å². The Morgan fingerprint density at radius 1 is 1.37 bits per heavy atom. The Bertz CT molecular complexity index is 561. The van der Waals surface area contributed by atoms with Crippen molar-refractivity contribution in [3.05, 3.63) is 53.9 Å². The molecule has 2 unspecified atom stereocenters. The van der Waals surface area contributed by atoms with Crippen LogP contribution in [0.4, 0.5) is 0 Å². The number of benzene rings is 1. The zero-order valence-corrected chi connectivity index (χ0v) is 12.3. The summed E-state index contributed by atoms with van der Waals surface area (Å²) in [5, 5.41) is 3.29. The standard InChI is InChI=1S/C16H20N2S/c1-12(17-2)13-7-8-18(9-13)10-14-11-19-16-6-4-3-5-15(14)16/h3-9,12,14,17H,10-11H2,1-2H3. The fourth-order valence-electron chi connectivity index (χ4n) is 2.63. The molecule has 2 heterocycles. The molecule has 0 saturated heterocycles. The smallest absolute Gasteiger partial charge is 0.0304 e. The lowest BCUT2D eigenvalue weighted by molar-refractivity contribution is 0.600. The Kier molecular flexibility index (Phi) is 3.67. The lowest BCUT2D eigenvalue weighted by atomic mass is 10.0. The molecule has 0 amide bonds. The van der Waals surface area contributed by atoms with Gasteiger partial charge >= 0.3 is 0 Å². The SMILES string of the molecule is CNC(C)c1ccn(CC2CSc3ccccc32)c1. The summed E-state index contributed by atoms with van der Waals surface area (Å²) in [5.41, 5.74) is 2.88. The van der Waals surface area contributed by atoms with Gasteiger partial charge in [0.2, 0.25) is 0 Å². The van der Waals surface area contributed by atoms with Crippen LogP contribution in [0.5, 0.6) is 0 Å². The molecule has 0 spiro atoms. The summed E-state index contributed by atoms with van der Waals surface area (Å²) in [7, 11) is 2.01. The normalized spacial score (nSPS) is 19.4. The van der Waals surface area contributed by atoms with E-state index in [0.717, 1.165) is 6.54 Å². The number of rotatable bonds is 4. The Morgan fingerprint density at radius 2 is 2.21 bits per heavy atom. The van der Waals surface area contributed by atoms with Gasteiger partial charge in [-0.3, -0.25) is 0 Å². The minimum absolute atomic E-state index is 0.423. The molecule has 1 N–H and O–H groups in total. The van der Waals surface area contributed by atoms with E-state index in [1.165, 1.54) is 21.8 Å². The van der Waals surface area contributed by atoms with Gasteiger partial charge in [-0.1, -0.05) is 18.2 Å². The second kappa shape index (κ2) is 5.43. The zero-order valence-electron chi connectivity index (χ0n) is 11.5. The molecule has 1 aliphatic rings. The molecular weight excluding hydrogens is 252 g/mol. The van der Waals surface area contributed by atoms with E-state index in [1.807, 2.05) is 18.8 Å². The maximum absolute atomic E-state index is 3.29. The van der Waals surface area contributed by atoms with Crippen LogP contribution in [0.15, 0.2) is 47.6 Å². The van der Waals surface area contributed by atoms with E-state index >= 15 is 0 Å². The van der Waals surface area contributed by atoms with Crippen molar-refractivity contribution in [2.24, 2.45) is 0 Å². The van der Waals surface area contributed by atoms with Crippen LogP contribution in [0.25, 0.3) is 0 Å². The molecule has 1 aromatic carbocycles. The number of nitrogens with zero attached hydrogens (tertiary/aromatic N) is 1. The molecule has 3 heteroatoms. The van der Waals surface area contributed by atoms with E-state index < -0.39 is 0 Å². The molecule has 100 valence electrons. The minimum Gasteiger partial charge on any atom is -0.353 e. The van der Waals surface area contributed by atoms with Gasteiger partial charge in [-0.15, -0.1) is 11.8 Å². The number of hydrogen-bond acceptors (Lipinski definition) is 2. The van der Waals surface area contributed by atoms with Gasteiger partial charge in [0, 0.05) is 41.5 Å². The first-order valence-electron chi connectivity index (χ1n) is 6.82. The van der Waals surface area contributed by atoms with Gasteiger partial charge in [0.25, 0.3) is 0 Å². The first-order chi connectivity index (χ1) is 9.28. The van der Waals surface area contributed by atoms with E-state index in [-0.39, 0.29) is 0 Å². The summed E-state index contributed by atoms with van der Waals surface area (Å²) in [6.45, 7) is 3.28. The molecule has 3 rings (SSSR count). The second-order valence-electron chi connectivity index (χ2n) is 5.20. The van der Waals surface area contributed by atoms with Crippen molar-refractivity contribution in [1.82, 2.24) is 9.88 Å². The molecule has 2 nitrogen and oxygen atoms in total. The van der Waals surface area contributed by atoms with Crippen LogP contribution in [0.2, 0.25) is 0 Å². The Hall–Kier alpha value is -1.19. The lowest BCUT2D eigenvalue weighted by Crippen LogP contribution is -2.12. The summed E-state index contributed by atoms with van der Waals surface area (Å²) in [6, 6.07) is 11.4. The van der Waals surface area contributed by atoms with Crippen molar-refractivity contribution >= 4 is 11.8 Å². The summed E-state index contributed by atoms with van der Waals surface area (Å²) in [5.74, 6) is 1.85. The van der Waals surface area contributed by atoms with Gasteiger partial charge in [0.15, 0.2) is 0 Å². The Balaban J connectivity index is 1.74. The monoisotopic (exact) mass is 272 g/mol. The van der Waals surface area contributed by atoms with Crippen molar-refractivity contribution in [2.75, 3.05) is 12.8 Å². The predicted octanol–water partition coefficient (Wildman–Crippen LogP) is 3.66. The second-order valence-corrected chi connectivity index (χ2v) is 6.26. The fraction of sp³-hybridized carbons (Fsp3) is 0.375. The van der Waals surface area contributed by atoms with Crippen LogP contribution < -0.4 is 5.32 Å². The van der Waals surface area contributed by atoms with Gasteiger partial charge in [-0.2, -0.15) is 0 Å². The van der Waals surface area contributed by atoms with Gasteiger partial charge < -0.3 is 9.88 Å². The number of hydrogen-bond donors (Lipinski definition) is 1. The highest BCUT2D eigenvalue weighted by atomic mass is 32.2. The van der Waals surface area contributed by atoms with E-state index in [4.69, 9.17) is 0 Å². The Morgan fingerprint density at radius 3 is 3.05 bits per heavy atom. The molecule has 2 atom stereocenters. The van der Waals surface area contributed by atoms with Crippen LogP contribution >= 0.6 is 11.8 Å². The first kappa shape index (κ1) is 12.8. The average molecular weight is 272 g/mol. The fourth-order valence-corrected chi connectivity index (χ4v) is 3.87. The van der Waals surface area contributed by atoms with Gasteiger partial charge in [0.05, 0.1) is 0 Å². The predicted molar refractivity (Wildman–Crippen MR) is 81.8 cm³/mol. The third-order valence-electron chi connectivity index (χ3n) is 3.94. The molecule has 0 radical (unpaired) electrons. The lowest BCUT2D eigenvalue weighted by Gasteiger charge is -2.12. The van der Waals surface area contributed by atoms with Crippen molar-refractivity contribution in [2.45, 2.75) is 30.3 Å². The van der Waals surface area contributed by atoms with E-state index in [2.05, 4.69) is 59.5 Å². The summed E-state index contributed by atoms with van der Waals surface area (Å²) >= 11 is 1.99. The molecule has 1 aromatic heterocycles. The minimum atomic E-state index is 0.423. The van der Waals surface area contributed by atoms with Crippen molar-refractivity contribution in [3.8, 4) is 0 Å². The maximum Gasteiger partial charge on any atom is 0.0304 e. The van der Waals surface area contributed by atoms with Crippen molar-refractivity contribution in [1.29, 1.82) is 0 Å². The van der Waals surface area contributed by atoms with Crippen LogP contribution in [0.3, 0.4) is 0 Å². The number of thioether (sulfide) groups is 1. The summed E-state index contributed by atoms with van der Waals surface area (Å²) < 4.78 is 2.33. The molecule has 0 bridgehead atoms.